The smallest absolute Gasteiger partial charge is 0.0639 e. The summed E-state index contributed by atoms with van der Waals surface area (Å²) in [5.41, 5.74) is 1.26. The number of rotatable bonds is 6. The Labute approximate surface area is 128 Å². The first-order chi connectivity index (χ1) is 10.2. The molecule has 0 amide bonds. The number of benzene rings is 1. The quantitative estimate of drug-likeness (QED) is 0.871. The third-order valence-corrected chi connectivity index (χ3v) is 4.13. The van der Waals surface area contributed by atoms with Gasteiger partial charge in [0.25, 0.3) is 0 Å². The van der Waals surface area contributed by atoms with Crippen molar-refractivity contribution in [2.24, 2.45) is 0 Å². The Balaban J connectivity index is 1.82. The highest BCUT2D eigenvalue weighted by Crippen LogP contribution is 2.13. The summed E-state index contributed by atoms with van der Waals surface area (Å²) in [5.74, 6) is 0. The second kappa shape index (κ2) is 8.32. The molecule has 2 atom stereocenters. The Morgan fingerprint density at radius 3 is 2.71 bits per heavy atom. The van der Waals surface area contributed by atoms with Gasteiger partial charge in [0, 0.05) is 38.8 Å². The van der Waals surface area contributed by atoms with Crippen molar-refractivity contribution in [1.29, 1.82) is 0 Å². The zero-order chi connectivity index (χ0) is 15.1. The van der Waals surface area contributed by atoms with E-state index in [1.165, 1.54) is 5.56 Å². The molecule has 116 valence electrons. The number of nitrogens with zero attached hydrogens (tertiary/aromatic N) is 2. The Morgan fingerprint density at radius 1 is 1.29 bits per heavy atom. The molecule has 2 unspecified atom stereocenters. The zero-order valence-corrected chi connectivity index (χ0v) is 13.3. The Hall–Kier alpha value is -1.16. The second-order valence-corrected chi connectivity index (χ2v) is 5.98. The maximum Gasteiger partial charge on any atom is 0.0639 e. The molecule has 1 aromatic carbocycles. The molecule has 1 saturated heterocycles. The molecule has 0 bridgehead atoms. The lowest BCUT2D eigenvalue weighted by molar-refractivity contribution is 0.0409. The molecule has 21 heavy (non-hydrogen) atoms. The van der Waals surface area contributed by atoms with E-state index in [1.54, 1.807) is 0 Å². The summed E-state index contributed by atoms with van der Waals surface area (Å²) in [7, 11) is 0. The fourth-order valence-electron chi connectivity index (χ4n) is 2.99. The molecule has 1 aliphatic rings. The van der Waals surface area contributed by atoms with E-state index in [2.05, 4.69) is 53.1 Å². The van der Waals surface area contributed by atoms with Crippen molar-refractivity contribution < 1.29 is 5.11 Å². The Morgan fingerprint density at radius 2 is 2.05 bits per heavy atom. The van der Waals surface area contributed by atoms with Crippen molar-refractivity contribution >= 4 is 6.08 Å². The minimum absolute atomic E-state index is 0.233. The number of aliphatic hydroxyl groups excluding tert-OH is 1. The van der Waals surface area contributed by atoms with Gasteiger partial charge in [-0.05, 0) is 18.9 Å². The zero-order valence-electron chi connectivity index (χ0n) is 13.3. The molecule has 3 heteroatoms. The molecule has 0 spiro atoms. The van der Waals surface area contributed by atoms with Crippen LogP contribution in [0.25, 0.3) is 6.08 Å². The summed E-state index contributed by atoms with van der Waals surface area (Å²) in [4.78, 5) is 4.94. The number of hydrogen-bond acceptors (Lipinski definition) is 3. The predicted molar refractivity (Wildman–Crippen MR) is 89.2 cm³/mol. The largest absolute Gasteiger partial charge is 0.392 e. The molecule has 1 aliphatic heterocycles. The van der Waals surface area contributed by atoms with E-state index in [4.69, 9.17) is 0 Å². The van der Waals surface area contributed by atoms with Gasteiger partial charge < -0.3 is 5.11 Å². The van der Waals surface area contributed by atoms with Crippen LogP contribution >= 0.6 is 0 Å². The summed E-state index contributed by atoms with van der Waals surface area (Å²) >= 11 is 0. The van der Waals surface area contributed by atoms with Crippen LogP contribution in [0.5, 0.6) is 0 Å². The normalized spacial score (nSPS) is 22.7. The van der Waals surface area contributed by atoms with Crippen LogP contribution in [0.2, 0.25) is 0 Å². The standard InChI is InChI=1S/C18H28N2O/c1-3-18-15-19(12-13-20(18)14-16(2)21)11-7-10-17-8-5-4-6-9-17/h4-10,16,18,21H,3,11-15H2,1-2H3. The third-order valence-electron chi connectivity index (χ3n) is 4.13. The van der Waals surface area contributed by atoms with Crippen molar-refractivity contribution in [1.82, 2.24) is 9.80 Å². The summed E-state index contributed by atoms with van der Waals surface area (Å²) in [6.45, 7) is 9.16. The molecule has 1 heterocycles. The lowest BCUT2D eigenvalue weighted by atomic mass is 10.1. The molecule has 1 N–H and O–H groups in total. The molecule has 2 rings (SSSR count). The maximum absolute atomic E-state index is 9.58. The van der Waals surface area contributed by atoms with Crippen LogP contribution in [0.15, 0.2) is 36.4 Å². The molecular formula is C18H28N2O. The van der Waals surface area contributed by atoms with E-state index < -0.39 is 0 Å². The maximum atomic E-state index is 9.58. The molecule has 0 aromatic heterocycles. The van der Waals surface area contributed by atoms with Crippen LogP contribution in [-0.2, 0) is 0 Å². The third kappa shape index (κ3) is 5.27. The second-order valence-electron chi connectivity index (χ2n) is 5.98. The highest BCUT2D eigenvalue weighted by atomic mass is 16.3. The average Bonchev–Trinajstić information content (AvgIpc) is 2.49. The van der Waals surface area contributed by atoms with E-state index >= 15 is 0 Å². The summed E-state index contributed by atoms with van der Waals surface area (Å²) < 4.78 is 0. The minimum atomic E-state index is -0.233. The SMILES string of the molecule is CCC1CN(CC=Cc2ccccc2)CCN1CC(C)O. The van der Waals surface area contributed by atoms with Gasteiger partial charge in [0.05, 0.1) is 6.10 Å². The molecule has 0 aliphatic carbocycles. The lowest BCUT2D eigenvalue weighted by Crippen LogP contribution is -2.54. The number of piperazine rings is 1. The van der Waals surface area contributed by atoms with Crippen LogP contribution in [0, 0.1) is 0 Å². The Bertz CT molecular complexity index is 430. The topological polar surface area (TPSA) is 26.7 Å². The fourth-order valence-corrected chi connectivity index (χ4v) is 2.99. The highest BCUT2D eigenvalue weighted by Gasteiger charge is 2.25. The molecule has 0 radical (unpaired) electrons. The van der Waals surface area contributed by atoms with Crippen molar-refractivity contribution in [3.05, 3.63) is 42.0 Å². The van der Waals surface area contributed by atoms with Gasteiger partial charge in [0.15, 0.2) is 0 Å². The monoisotopic (exact) mass is 288 g/mol. The van der Waals surface area contributed by atoms with E-state index in [-0.39, 0.29) is 6.10 Å². The summed E-state index contributed by atoms with van der Waals surface area (Å²) in [6.07, 6.45) is 5.37. The summed E-state index contributed by atoms with van der Waals surface area (Å²) in [5, 5.41) is 9.58. The van der Waals surface area contributed by atoms with Crippen molar-refractivity contribution in [3.8, 4) is 0 Å². The number of hydrogen-bond donors (Lipinski definition) is 1. The van der Waals surface area contributed by atoms with Crippen LogP contribution in [0.1, 0.15) is 25.8 Å². The molecule has 0 saturated carbocycles. The molecule has 1 aromatic rings. The highest BCUT2D eigenvalue weighted by molar-refractivity contribution is 5.48. The average molecular weight is 288 g/mol. The van der Waals surface area contributed by atoms with Crippen LogP contribution in [0.3, 0.4) is 0 Å². The van der Waals surface area contributed by atoms with Gasteiger partial charge in [-0.3, -0.25) is 9.80 Å². The van der Waals surface area contributed by atoms with Gasteiger partial charge in [0.1, 0.15) is 0 Å². The Kier molecular flexibility index (Phi) is 6.43. The van der Waals surface area contributed by atoms with Gasteiger partial charge in [-0.15, -0.1) is 0 Å². The van der Waals surface area contributed by atoms with Crippen molar-refractivity contribution in [3.63, 3.8) is 0 Å². The van der Waals surface area contributed by atoms with Crippen LogP contribution in [0.4, 0.5) is 0 Å². The van der Waals surface area contributed by atoms with Gasteiger partial charge in [-0.1, -0.05) is 49.4 Å². The number of aliphatic hydroxyl groups is 1. The molecule has 3 nitrogen and oxygen atoms in total. The van der Waals surface area contributed by atoms with Gasteiger partial charge >= 0.3 is 0 Å². The van der Waals surface area contributed by atoms with E-state index in [0.29, 0.717) is 6.04 Å². The number of β-amino-alcohol motifs (C(OH)–C–C–N with tert-alkyl or cyclic N) is 1. The first kappa shape index (κ1) is 16.2. The first-order valence-electron chi connectivity index (χ1n) is 8.05. The van der Waals surface area contributed by atoms with Crippen molar-refractivity contribution in [2.75, 3.05) is 32.7 Å². The van der Waals surface area contributed by atoms with Crippen molar-refractivity contribution in [2.45, 2.75) is 32.4 Å². The van der Waals surface area contributed by atoms with E-state index in [9.17, 15) is 5.11 Å². The first-order valence-corrected chi connectivity index (χ1v) is 8.05. The minimum Gasteiger partial charge on any atom is -0.392 e. The van der Waals surface area contributed by atoms with Gasteiger partial charge in [-0.2, -0.15) is 0 Å². The van der Waals surface area contributed by atoms with Gasteiger partial charge in [-0.25, -0.2) is 0 Å². The lowest BCUT2D eigenvalue weighted by Gasteiger charge is -2.41. The van der Waals surface area contributed by atoms with Crippen LogP contribution in [-0.4, -0.2) is 59.8 Å². The molecular weight excluding hydrogens is 260 g/mol. The predicted octanol–water partition coefficient (Wildman–Crippen LogP) is 2.48. The van der Waals surface area contributed by atoms with E-state index in [0.717, 1.165) is 39.1 Å². The summed E-state index contributed by atoms with van der Waals surface area (Å²) in [6, 6.07) is 11.0. The fraction of sp³-hybridized carbons (Fsp3) is 0.556. The van der Waals surface area contributed by atoms with E-state index in [1.807, 2.05) is 13.0 Å². The van der Waals surface area contributed by atoms with Crippen LogP contribution < -0.4 is 0 Å². The van der Waals surface area contributed by atoms with Gasteiger partial charge in [0.2, 0.25) is 0 Å². The molecule has 1 fully saturated rings.